The third kappa shape index (κ3) is 2.10. The van der Waals surface area contributed by atoms with Crippen molar-refractivity contribution in [2.45, 2.75) is 32.2 Å². The number of hydrogen-bond acceptors (Lipinski definition) is 2. The molecule has 2 aromatic rings. The molecule has 0 saturated carbocycles. The molecule has 0 spiro atoms. The maximum absolute atomic E-state index is 11.4. The zero-order valence-electron chi connectivity index (χ0n) is 11.1. The Morgan fingerprint density at radius 3 is 3.00 bits per heavy atom. The van der Waals surface area contributed by atoms with Crippen molar-refractivity contribution >= 4 is 17.6 Å². The van der Waals surface area contributed by atoms with E-state index in [1.807, 2.05) is 22.8 Å². The van der Waals surface area contributed by atoms with Crippen molar-refractivity contribution in [1.29, 1.82) is 0 Å². The van der Waals surface area contributed by atoms with Gasteiger partial charge < -0.3 is 9.67 Å². The second-order valence-corrected chi connectivity index (χ2v) is 5.62. The number of carbonyl (C=O) groups is 1. The van der Waals surface area contributed by atoms with Crippen LogP contribution >= 0.6 is 11.6 Å². The molecule has 1 aliphatic heterocycles. The number of aromatic carboxylic acids is 1. The monoisotopic (exact) mass is 290 g/mol. The Labute approximate surface area is 122 Å². The van der Waals surface area contributed by atoms with Crippen LogP contribution in [0.25, 0.3) is 11.4 Å². The summed E-state index contributed by atoms with van der Waals surface area (Å²) in [4.78, 5) is 15.8. The van der Waals surface area contributed by atoms with Crippen LogP contribution in [0.2, 0.25) is 5.02 Å². The molecule has 1 aromatic carbocycles. The molecule has 1 aromatic heterocycles. The maximum Gasteiger partial charge on any atom is 0.356 e. The summed E-state index contributed by atoms with van der Waals surface area (Å²) in [5.41, 5.74) is 1.87. The molecular weight excluding hydrogens is 276 g/mol. The van der Waals surface area contributed by atoms with Gasteiger partial charge in [-0.3, -0.25) is 0 Å². The van der Waals surface area contributed by atoms with Crippen LogP contribution in [0.1, 0.15) is 41.9 Å². The molecule has 0 bridgehead atoms. The zero-order valence-corrected chi connectivity index (χ0v) is 11.9. The van der Waals surface area contributed by atoms with Crippen molar-refractivity contribution in [3.63, 3.8) is 0 Å². The van der Waals surface area contributed by atoms with Crippen molar-refractivity contribution in [2.24, 2.45) is 0 Å². The molecule has 0 fully saturated rings. The summed E-state index contributed by atoms with van der Waals surface area (Å²) in [5, 5.41) is 10.00. The normalized spacial score (nSPS) is 17.8. The van der Waals surface area contributed by atoms with Gasteiger partial charge in [0, 0.05) is 17.1 Å². The highest BCUT2D eigenvalue weighted by Crippen LogP contribution is 2.34. The molecule has 1 atom stereocenters. The number of carboxylic acids is 1. The molecule has 1 aliphatic rings. The van der Waals surface area contributed by atoms with Gasteiger partial charge in [0.05, 0.1) is 5.69 Å². The average Bonchev–Trinajstić information content (AvgIpc) is 2.80. The summed E-state index contributed by atoms with van der Waals surface area (Å²) >= 11 is 6.02. The molecule has 5 heteroatoms. The minimum atomic E-state index is -0.962. The van der Waals surface area contributed by atoms with Crippen LogP contribution in [0.4, 0.5) is 0 Å². The number of hydrogen-bond donors (Lipinski definition) is 1. The minimum Gasteiger partial charge on any atom is -0.476 e. The number of rotatable bonds is 2. The summed E-state index contributed by atoms with van der Waals surface area (Å²) in [5.74, 6) is -0.0440. The Morgan fingerprint density at radius 1 is 1.50 bits per heavy atom. The van der Waals surface area contributed by atoms with Gasteiger partial charge in [0.25, 0.3) is 0 Å². The van der Waals surface area contributed by atoms with Crippen molar-refractivity contribution in [2.75, 3.05) is 0 Å². The molecule has 4 nitrogen and oxygen atoms in total. The lowest BCUT2D eigenvalue weighted by Crippen LogP contribution is -2.16. The average molecular weight is 291 g/mol. The molecule has 0 amide bonds. The minimum absolute atomic E-state index is 0.173. The number of fused-ring (bicyclic) bond motifs is 1. The van der Waals surface area contributed by atoms with Gasteiger partial charge in [0.1, 0.15) is 5.82 Å². The van der Waals surface area contributed by atoms with E-state index in [-0.39, 0.29) is 11.6 Å². The van der Waals surface area contributed by atoms with Gasteiger partial charge in [-0.15, -0.1) is 0 Å². The summed E-state index contributed by atoms with van der Waals surface area (Å²) in [6.45, 7) is 2.86. The smallest absolute Gasteiger partial charge is 0.356 e. The standard InChI is InChI=1S/C15H15ClN2O2/c1-9-4-3-7-18-13(9)12(15(19)20)17-14(18)10-5-2-6-11(16)8-10/h2,5-6,8-9H,3-4,7H2,1H3,(H,19,20). The van der Waals surface area contributed by atoms with Gasteiger partial charge in [0.2, 0.25) is 0 Å². The number of carboxylic acid groups (broad SMARTS) is 1. The molecule has 104 valence electrons. The van der Waals surface area contributed by atoms with E-state index in [0.29, 0.717) is 10.8 Å². The molecule has 0 aliphatic carbocycles. The first kappa shape index (κ1) is 13.2. The van der Waals surface area contributed by atoms with Gasteiger partial charge in [0.15, 0.2) is 5.69 Å². The van der Waals surface area contributed by atoms with Crippen LogP contribution in [0, 0.1) is 0 Å². The Morgan fingerprint density at radius 2 is 2.30 bits per heavy atom. The van der Waals surface area contributed by atoms with E-state index < -0.39 is 5.97 Å². The quantitative estimate of drug-likeness (QED) is 0.915. The number of aromatic nitrogens is 2. The molecule has 1 N–H and O–H groups in total. The van der Waals surface area contributed by atoms with Gasteiger partial charge in [-0.25, -0.2) is 9.78 Å². The summed E-state index contributed by atoms with van der Waals surface area (Å²) in [6.07, 6.45) is 2.04. The predicted molar refractivity (Wildman–Crippen MR) is 77.3 cm³/mol. The SMILES string of the molecule is CC1CCCn2c(-c3cccc(Cl)c3)nc(C(=O)O)c21. The lowest BCUT2D eigenvalue weighted by atomic mass is 9.96. The van der Waals surface area contributed by atoms with Gasteiger partial charge in [-0.2, -0.15) is 0 Å². The Kier molecular flexibility index (Phi) is 3.26. The molecule has 2 heterocycles. The van der Waals surface area contributed by atoms with E-state index in [9.17, 15) is 9.90 Å². The van der Waals surface area contributed by atoms with Crippen LogP contribution in [0.5, 0.6) is 0 Å². The first-order valence-electron chi connectivity index (χ1n) is 6.67. The van der Waals surface area contributed by atoms with E-state index in [1.165, 1.54) is 0 Å². The topological polar surface area (TPSA) is 55.1 Å². The molecular formula is C15H15ClN2O2. The van der Waals surface area contributed by atoms with Gasteiger partial charge >= 0.3 is 5.97 Å². The second kappa shape index (κ2) is 4.94. The third-order valence-corrected chi connectivity index (χ3v) is 4.01. The summed E-state index contributed by atoms with van der Waals surface area (Å²) in [7, 11) is 0. The highest BCUT2D eigenvalue weighted by molar-refractivity contribution is 6.30. The number of benzene rings is 1. The first-order valence-corrected chi connectivity index (χ1v) is 7.05. The van der Waals surface area contributed by atoms with Crippen molar-refractivity contribution in [3.8, 4) is 11.4 Å². The lowest BCUT2D eigenvalue weighted by Gasteiger charge is -2.22. The Balaban J connectivity index is 2.22. The van der Waals surface area contributed by atoms with Crippen LogP contribution in [-0.4, -0.2) is 20.6 Å². The largest absolute Gasteiger partial charge is 0.476 e. The highest BCUT2D eigenvalue weighted by atomic mass is 35.5. The van der Waals surface area contributed by atoms with E-state index >= 15 is 0 Å². The Bertz CT molecular complexity index is 679. The number of imidazole rings is 1. The van der Waals surface area contributed by atoms with E-state index in [2.05, 4.69) is 11.9 Å². The van der Waals surface area contributed by atoms with Crippen LogP contribution in [0.15, 0.2) is 24.3 Å². The maximum atomic E-state index is 11.4. The lowest BCUT2D eigenvalue weighted by molar-refractivity contribution is 0.0688. The summed E-state index contributed by atoms with van der Waals surface area (Å²) in [6, 6.07) is 7.38. The van der Waals surface area contributed by atoms with Gasteiger partial charge in [-0.05, 0) is 30.9 Å². The second-order valence-electron chi connectivity index (χ2n) is 5.18. The van der Waals surface area contributed by atoms with Crippen molar-refractivity contribution < 1.29 is 9.90 Å². The van der Waals surface area contributed by atoms with E-state index in [0.717, 1.165) is 30.6 Å². The van der Waals surface area contributed by atoms with Crippen molar-refractivity contribution in [3.05, 3.63) is 40.7 Å². The zero-order chi connectivity index (χ0) is 14.3. The highest BCUT2D eigenvalue weighted by Gasteiger charge is 2.28. The molecule has 0 saturated heterocycles. The van der Waals surface area contributed by atoms with Gasteiger partial charge in [-0.1, -0.05) is 30.7 Å². The number of halogens is 1. The fourth-order valence-corrected chi connectivity index (χ4v) is 3.08. The third-order valence-electron chi connectivity index (χ3n) is 3.78. The summed E-state index contributed by atoms with van der Waals surface area (Å²) < 4.78 is 2.03. The van der Waals surface area contributed by atoms with Crippen molar-refractivity contribution in [1.82, 2.24) is 9.55 Å². The number of nitrogens with zero attached hydrogens (tertiary/aromatic N) is 2. The van der Waals surface area contributed by atoms with Crippen LogP contribution < -0.4 is 0 Å². The first-order chi connectivity index (χ1) is 9.58. The van der Waals surface area contributed by atoms with Crippen LogP contribution in [0.3, 0.4) is 0 Å². The predicted octanol–water partition coefficient (Wildman–Crippen LogP) is 3.80. The fourth-order valence-electron chi connectivity index (χ4n) is 2.89. The van der Waals surface area contributed by atoms with E-state index in [1.54, 1.807) is 6.07 Å². The molecule has 0 radical (unpaired) electrons. The molecule has 3 rings (SSSR count). The molecule has 20 heavy (non-hydrogen) atoms. The van der Waals surface area contributed by atoms with E-state index in [4.69, 9.17) is 11.6 Å². The molecule has 1 unspecified atom stereocenters. The van der Waals surface area contributed by atoms with Crippen LogP contribution in [-0.2, 0) is 6.54 Å². The fraction of sp³-hybridized carbons (Fsp3) is 0.333. The Hall–Kier alpha value is -1.81.